The highest BCUT2D eigenvalue weighted by molar-refractivity contribution is 5.17. The lowest BCUT2D eigenvalue weighted by atomic mass is 10.1. The number of hydrogen-bond acceptors (Lipinski definition) is 4. The molecule has 0 aliphatic carbocycles. The minimum atomic E-state index is -0.837. The molecule has 0 saturated heterocycles. The van der Waals surface area contributed by atoms with Crippen molar-refractivity contribution in [2.45, 2.75) is 25.8 Å². The van der Waals surface area contributed by atoms with Crippen LogP contribution in [0.3, 0.4) is 0 Å². The van der Waals surface area contributed by atoms with E-state index in [0.29, 0.717) is 6.42 Å². The first-order chi connectivity index (χ1) is 11.3. The zero-order chi connectivity index (χ0) is 16.3. The van der Waals surface area contributed by atoms with E-state index in [1.54, 1.807) is 0 Å². The maximum absolute atomic E-state index is 9.80. The van der Waals surface area contributed by atoms with Crippen LogP contribution in [0.2, 0.25) is 0 Å². The Bertz CT molecular complexity index is 491. The zero-order valence-electron chi connectivity index (χ0n) is 13.3. The molecular formula is C19H25NO3. The summed E-state index contributed by atoms with van der Waals surface area (Å²) in [6.07, 6.45) is -0.323. The van der Waals surface area contributed by atoms with Crippen LogP contribution in [0.5, 0.6) is 0 Å². The molecule has 0 heterocycles. The van der Waals surface area contributed by atoms with E-state index in [4.69, 9.17) is 9.84 Å². The minimum absolute atomic E-state index is 0.0746. The van der Waals surface area contributed by atoms with Gasteiger partial charge in [-0.1, -0.05) is 60.7 Å². The molecule has 0 aliphatic rings. The molecule has 2 rings (SSSR count). The molecule has 4 nitrogen and oxygen atoms in total. The van der Waals surface area contributed by atoms with E-state index in [0.717, 1.165) is 19.6 Å². The van der Waals surface area contributed by atoms with Gasteiger partial charge in [0, 0.05) is 26.1 Å². The standard InChI is InChI=1S/C19H25NO3/c21-13-14-23-19(22)11-12-20(15-17-7-3-1-4-8-17)16-18-9-5-2-6-10-18/h1-10,19,21-22H,11-16H2. The third-order valence-corrected chi connectivity index (χ3v) is 3.59. The van der Waals surface area contributed by atoms with Gasteiger partial charge >= 0.3 is 0 Å². The van der Waals surface area contributed by atoms with Crippen molar-refractivity contribution < 1.29 is 14.9 Å². The Morgan fingerprint density at radius 3 is 1.87 bits per heavy atom. The van der Waals surface area contributed by atoms with Crippen LogP contribution in [0, 0.1) is 0 Å². The van der Waals surface area contributed by atoms with Crippen LogP contribution in [-0.4, -0.2) is 41.2 Å². The summed E-state index contributed by atoms with van der Waals surface area (Å²) < 4.78 is 5.12. The smallest absolute Gasteiger partial charge is 0.155 e. The fourth-order valence-electron chi connectivity index (χ4n) is 2.46. The van der Waals surface area contributed by atoms with Crippen LogP contribution in [0.25, 0.3) is 0 Å². The number of nitrogens with zero attached hydrogens (tertiary/aromatic N) is 1. The maximum atomic E-state index is 9.80. The number of aliphatic hydroxyl groups is 2. The summed E-state index contributed by atoms with van der Waals surface area (Å²) in [5.74, 6) is 0. The van der Waals surface area contributed by atoms with Gasteiger partial charge in [0.25, 0.3) is 0 Å². The normalized spacial score (nSPS) is 12.5. The molecule has 23 heavy (non-hydrogen) atoms. The maximum Gasteiger partial charge on any atom is 0.155 e. The van der Waals surface area contributed by atoms with E-state index in [2.05, 4.69) is 29.2 Å². The largest absolute Gasteiger partial charge is 0.394 e. The minimum Gasteiger partial charge on any atom is -0.394 e. The van der Waals surface area contributed by atoms with Gasteiger partial charge in [-0.2, -0.15) is 0 Å². The van der Waals surface area contributed by atoms with Gasteiger partial charge in [-0.15, -0.1) is 0 Å². The van der Waals surface area contributed by atoms with Gasteiger partial charge in [0.1, 0.15) is 0 Å². The number of rotatable bonds is 10. The average molecular weight is 315 g/mol. The molecule has 0 aromatic heterocycles. The molecule has 0 fully saturated rings. The van der Waals surface area contributed by atoms with Crippen LogP contribution in [0.4, 0.5) is 0 Å². The van der Waals surface area contributed by atoms with Crippen molar-refractivity contribution in [2.75, 3.05) is 19.8 Å². The van der Waals surface area contributed by atoms with E-state index in [9.17, 15) is 5.11 Å². The number of benzene rings is 2. The van der Waals surface area contributed by atoms with E-state index >= 15 is 0 Å². The fourth-order valence-corrected chi connectivity index (χ4v) is 2.46. The van der Waals surface area contributed by atoms with Crippen LogP contribution in [0.15, 0.2) is 60.7 Å². The van der Waals surface area contributed by atoms with Gasteiger partial charge in [-0.25, -0.2) is 0 Å². The third-order valence-electron chi connectivity index (χ3n) is 3.59. The molecule has 4 heteroatoms. The van der Waals surface area contributed by atoms with Crippen LogP contribution >= 0.6 is 0 Å². The lowest BCUT2D eigenvalue weighted by Crippen LogP contribution is -2.28. The van der Waals surface area contributed by atoms with Gasteiger partial charge in [-0.05, 0) is 11.1 Å². The molecule has 1 unspecified atom stereocenters. The van der Waals surface area contributed by atoms with Gasteiger partial charge < -0.3 is 14.9 Å². The molecule has 0 bridgehead atoms. The summed E-state index contributed by atoms with van der Waals surface area (Å²) in [5, 5.41) is 18.5. The summed E-state index contributed by atoms with van der Waals surface area (Å²) in [6.45, 7) is 2.45. The van der Waals surface area contributed by atoms with Gasteiger partial charge in [0.05, 0.1) is 13.2 Å². The van der Waals surface area contributed by atoms with Crippen molar-refractivity contribution in [1.82, 2.24) is 4.90 Å². The first kappa shape index (κ1) is 17.6. The third kappa shape index (κ3) is 6.93. The summed E-state index contributed by atoms with van der Waals surface area (Å²) in [6, 6.07) is 20.6. The second-order valence-corrected chi connectivity index (χ2v) is 5.52. The van der Waals surface area contributed by atoms with Gasteiger partial charge in [0.2, 0.25) is 0 Å². The first-order valence-corrected chi connectivity index (χ1v) is 7.98. The average Bonchev–Trinajstić information content (AvgIpc) is 2.59. The Hall–Kier alpha value is -1.72. The lowest BCUT2D eigenvalue weighted by molar-refractivity contribution is -0.113. The molecular weight excluding hydrogens is 290 g/mol. The van der Waals surface area contributed by atoms with Crippen molar-refractivity contribution >= 4 is 0 Å². The van der Waals surface area contributed by atoms with E-state index in [1.807, 2.05) is 36.4 Å². The van der Waals surface area contributed by atoms with Gasteiger partial charge in [-0.3, -0.25) is 4.90 Å². The first-order valence-electron chi connectivity index (χ1n) is 7.98. The van der Waals surface area contributed by atoms with Gasteiger partial charge in [0.15, 0.2) is 6.29 Å². The number of hydrogen-bond donors (Lipinski definition) is 2. The topological polar surface area (TPSA) is 52.9 Å². The molecule has 2 N–H and O–H groups in total. The quantitative estimate of drug-likeness (QED) is 0.661. The van der Waals surface area contributed by atoms with E-state index in [1.165, 1.54) is 11.1 Å². The Morgan fingerprint density at radius 1 is 0.870 bits per heavy atom. The second kappa shape index (κ2) is 10.1. The van der Waals surface area contributed by atoms with Crippen LogP contribution in [-0.2, 0) is 17.8 Å². The van der Waals surface area contributed by atoms with E-state index in [-0.39, 0.29) is 13.2 Å². The molecule has 0 spiro atoms. The number of aliphatic hydroxyl groups excluding tert-OH is 2. The zero-order valence-corrected chi connectivity index (χ0v) is 13.3. The van der Waals surface area contributed by atoms with Crippen molar-refractivity contribution in [2.24, 2.45) is 0 Å². The highest BCUT2D eigenvalue weighted by atomic mass is 16.6. The molecule has 0 aliphatic heterocycles. The highest BCUT2D eigenvalue weighted by Crippen LogP contribution is 2.11. The lowest BCUT2D eigenvalue weighted by Gasteiger charge is -2.24. The fraction of sp³-hybridized carbons (Fsp3) is 0.368. The molecule has 124 valence electrons. The summed E-state index contributed by atoms with van der Waals surface area (Å²) >= 11 is 0. The summed E-state index contributed by atoms with van der Waals surface area (Å²) in [5.41, 5.74) is 2.49. The molecule has 0 saturated carbocycles. The second-order valence-electron chi connectivity index (χ2n) is 5.52. The Balaban J connectivity index is 1.93. The molecule has 0 amide bonds. The predicted molar refractivity (Wildman–Crippen MR) is 90.7 cm³/mol. The van der Waals surface area contributed by atoms with Crippen molar-refractivity contribution in [3.05, 3.63) is 71.8 Å². The van der Waals surface area contributed by atoms with Crippen LogP contribution < -0.4 is 0 Å². The van der Waals surface area contributed by atoms with E-state index < -0.39 is 6.29 Å². The predicted octanol–water partition coefficient (Wildman–Crippen LogP) is 2.41. The van der Waals surface area contributed by atoms with Crippen molar-refractivity contribution in [3.8, 4) is 0 Å². The Labute approximate surface area is 138 Å². The van der Waals surface area contributed by atoms with Crippen LogP contribution in [0.1, 0.15) is 17.5 Å². The molecule has 1 atom stereocenters. The molecule has 2 aromatic carbocycles. The summed E-state index contributed by atoms with van der Waals surface area (Å²) in [7, 11) is 0. The Morgan fingerprint density at radius 2 is 1.39 bits per heavy atom. The molecule has 2 aromatic rings. The summed E-state index contributed by atoms with van der Waals surface area (Å²) in [4.78, 5) is 2.29. The SMILES string of the molecule is OCCOC(O)CCN(Cc1ccccc1)Cc1ccccc1. The Kier molecular flexibility index (Phi) is 7.77. The molecule has 0 radical (unpaired) electrons. The van der Waals surface area contributed by atoms with Crippen molar-refractivity contribution in [1.29, 1.82) is 0 Å². The van der Waals surface area contributed by atoms with Crippen molar-refractivity contribution in [3.63, 3.8) is 0 Å². The highest BCUT2D eigenvalue weighted by Gasteiger charge is 2.11. The number of ether oxygens (including phenoxy) is 1. The monoisotopic (exact) mass is 315 g/mol.